The van der Waals surface area contributed by atoms with Crippen molar-refractivity contribution in [1.82, 2.24) is 9.97 Å². The Labute approximate surface area is 94.0 Å². The largest absolute Gasteiger partial charge is 0.481 e. The molecule has 6 heteroatoms. The molecule has 0 spiro atoms. The Morgan fingerprint density at radius 3 is 2.88 bits per heavy atom. The van der Waals surface area contributed by atoms with Gasteiger partial charge in [0.2, 0.25) is 11.8 Å². The number of hydrogen-bond donors (Lipinski definition) is 1. The summed E-state index contributed by atoms with van der Waals surface area (Å²) in [6.45, 7) is 3.97. The Balaban J connectivity index is 2.47. The predicted octanol–water partition coefficient (Wildman–Crippen LogP) is 0.769. The summed E-state index contributed by atoms with van der Waals surface area (Å²) >= 11 is 0. The quantitative estimate of drug-likeness (QED) is 0.589. The first-order valence-corrected chi connectivity index (χ1v) is 4.88. The first kappa shape index (κ1) is 12.2. The van der Waals surface area contributed by atoms with Crippen molar-refractivity contribution in [2.75, 3.05) is 25.6 Å². The van der Waals surface area contributed by atoms with Crippen LogP contribution in [0, 0.1) is 6.92 Å². The maximum absolute atomic E-state index is 10.5. The highest BCUT2D eigenvalue weighted by molar-refractivity contribution is 5.65. The van der Waals surface area contributed by atoms with E-state index in [1.165, 1.54) is 6.92 Å². The number of aromatic nitrogens is 2. The van der Waals surface area contributed by atoms with Gasteiger partial charge in [-0.1, -0.05) is 0 Å². The van der Waals surface area contributed by atoms with Crippen LogP contribution in [-0.4, -0.2) is 36.2 Å². The molecule has 0 aliphatic carbocycles. The second-order valence-corrected chi connectivity index (χ2v) is 3.14. The van der Waals surface area contributed by atoms with E-state index < -0.39 is 0 Å². The highest BCUT2D eigenvalue weighted by Gasteiger charge is 2.01. The van der Waals surface area contributed by atoms with E-state index >= 15 is 0 Å². The van der Waals surface area contributed by atoms with Crippen LogP contribution in [0.25, 0.3) is 0 Å². The van der Waals surface area contributed by atoms with Gasteiger partial charge in [0.15, 0.2) is 0 Å². The SMILES string of the molecule is COc1cc(C)nc(NCCOC(C)=O)n1. The minimum atomic E-state index is -0.301. The normalized spacial score (nSPS) is 9.69. The first-order chi connectivity index (χ1) is 7.61. The summed E-state index contributed by atoms with van der Waals surface area (Å²) < 4.78 is 9.77. The lowest BCUT2D eigenvalue weighted by atomic mass is 10.4. The second kappa shape index (κ2) is 5.89. The molecule has 0 unspecified atom stereocenters. The Morgan fingerprint density at radius 1 is 1.50 bits per heavy atom. The Hall–Kier alpha value is -1.85. The maximum Gasteiger partial charge on any atom is 0.302 e. The molecule has 0 atom stereocenters. The predicted molar refractivity (Wildman–Crippen MR) is 58.4 cm³/mol. The summed E-state index contributed by atoms with van der Waals surface area (Å²) in [4.78, 5) is 18.7. The molecule has 1 N–H and O–H groups in total. The molecule has 88 valence electrons. The molecule has 0 amide bonds. The van der Waals surface area contributed by atoms with E-state index in [1.807, 2.05) is 6.92 Å². The van der Waals surface area contributed by atoms with Crippen molar-refractivity contribution in [3.8, 4) is 5.88 Å². The topological polar surface area (TPSA) is 73.3 Å². The standard InChI is InChI=1S/C10H15N3O3/c1-7-6-9(15-3)13-10(12-7)11-4-5-16-8(2)14/h6H,4-5H2,1-3H3,(H,11,12,13). The molecule has 6 nitrogen and oxygen atoms in total. The van der Waals surface area contributed by atoms with Crippen LogP contribution in [0.4, 0.5) is 5.95 Å². The van der Waals surface area contributed by atoms with Crippen LogP contribution in [-0.2, 0) is 9.53 Å². The number of nitrogens with zero attached hydrogens (tertiary/aromatic N) is 2. The second-order valence-electron chi connectivity index (χ2n) is 3.14. The number of methoxy groups -OCH3 is 1. The van der Waals surface area contributed by atoms with Crippen molar-refractivity contribution < 1.29 is 14.3 Å². The molecule has 0 aliphatic heterocycles. The van der Waals surface area contributed by atoms with Gasteiger partial charge in [0.25, 0.3) is 0 Å². The number of carbonyl (C=O) groups is 1. The lowest BCUT2D eigenvalue weighted by molar-refractivity contribution is -0.140. The fourth-order valence-corrected chi connectivity index (χ4v) is 1.08. The van der Waals surface area contributed by atoms with Crippen LogP contribution in [0.5, 0.6) is 5.88 Å². The summed E-state index contributed by atoms with van der Waals surface area (Å²) in [5.41, 5.74) is 0.807. The van der Waals surface area contributed by atoms with E-state index in [-0.39, 0.29) is 12.6 Å². The number of nitrogens with one attached hydrogen (secondary N) is 1. The molecule has 1 aromatic heterocycles. The van der Waals surface area contributed by atoms with E-state index in [2.05, 4.69) is 15.3 Å². The molecule has 0 aromatic carbocycles. The van der Waals surface area contributed by atoms with Gasteiger partial charge in [-0.25, -0.2) is 4.98 Å². The van der Waals surface area contributed by atoms with Gasteiger partial charge in [-0.2, -0.15) is 4.98 Å². The van der Waals surface area contributed by atoms with Crippen LogP contribution in [0.1, 0.15) is 12.6 Å². The van der Waals surface area contributed by atoms with Gasteiger partial charge in [-0.3, -0.25) is 4.79 Å². The van der Waals surface area contributed by atoms with Gasteiger partial charge < -0.3 is 14.8 Å². The molecule has 1 rings (SSSR count). The number of hydrogen-bond acceptors (Lipinski definition) is 6. The molecule has 1 heterocycles. The van der Waals surface area contributed by atoms with Crippen molar-refractivity contribution in [3.05, 3.63) is 11.8 Å². The van der Waals surface area contributed by atoms with Crippen LogP contribution in [0.3, 0.4) is 0 Å². The van der Waals surface area contributed by atoms with Gasteiger partial charge >= 0.3 is 5.97 Å². The summed E-state index contributed by atoms with van der Waals surface area (Å²) in [5.74, 6) is 0.663. The van der Waals surface area contributed by atoms with Gasteiger partial charge in [-0.15, -0.1) is 0 Å². The molecular weight excluding hydrogens is 210 g/mol. The lowest BCUT2D eigenvalue weighted by Crippen LogP contribution is -2.13. The molecular formula is C10H15N3O3. The van der Waals surface area contributed by atoms with Crippen molar-refractivity contribution in [1.29, 1.82) is 0 Å². The third-order valence-electron chi connectivity index (χ3n) is 1.73. The summed E-state index contributed by atoms with van der Waals surface area (Å²) in [6, 6.07) is 1.73. The number of esters is 1. The number of ether oxygens (including phenoxy) is 2. The molecule has 0 bridgehead atoms. The summed E-state index contributed by atoms with van der Waals surface area (Å²) in [7, 11) is 1.55. The Bertz CT molecular complexity index is 368. The Kier molecular flexibility index (Phi) is 4.50. The molecule has 0 saturated heterocycles. The van der Waals surface area contributed by atoms with E-state index in [0.29, 0.717) is 18.4 Å². The van der Waals surface area contributed by atoms with E-state index in [1.54, 1.807) is 13.2 Å². The minimum absolute atomic E-state index is 0.287. The fourth-order valence-electron chi connectivity index (χ4n) is 1.08. The first-order valence-electron chi connectivity index (χ1n) is 4.88. The zero-order valence-electron chi connectivity index (χ0n) is 9.61. The van der Waals surface area contributed by atoms with Crippen molar-refractivity contribution in [3.63, 3.8) is 0 Å². The van der Waals surface area contributed by atoms with Crippen LogP contribution in [0.15, 0.2) is 6.07 Å². The summed E-state index contributed by atoms with van der Waals surface area (Å²) in [5, 5.41) is 2.94. The zero-order chi connectivity index (χ0) is 12.0. The molecule has 16 heavy (non-hydrogen) atoms. The molecule has 1 aromatic rings. The van der Waals surface area contributed by atoms with Gasteiger partial charge in [0.1, 0.15) is 6.61 Å². The van der Waals surface area contributed by atoms with E-state index in [4.69, 9.17) is 9.47 Å². The molecule has 0 fully saturated rings. The van der Waals surface area contributed by atoms with Crippen molar-refractivity contribution in [2.24, 2.45) is 0 Å². The number of aryl methyl sites for hydroxylation is 1. The maximum atomic E-state index is 10.5. The van der Waals surface area contributed by atoms with Crippen molar-refractivity contribution in [2.45, 2.75) is 13.8 Å². The molecule has 0 aliphatic rings. The minimum Gasteiger partial charge on any atom is -0.481 e. The average Bonchev–Trinajstić information content (AvgIpc) is 2.23. The number of anilines is 1. The average molecular weight is 225 g/mol. The zero-order valence-corrected chi connectivity index (χ0v) is 9.61. The van der Waals surface area contributed by atoms with Crippen LogP contribution < -0.4 is 10.1 Å². The highest BCUT2D eigenvalue weighted by atomic mass is 16.5. The molecule has 0 radical (unpaired) electrons. The van der Waals surface area contributed by atoms with Gasteiger partial charge in [0.05, 0.1) is 13.7 Å². The van der Waals surface area contributed by atoms with Gasteiger partial charge in [-0.05, 0) is 6.92 Å². The Morgan fingerprint density at radius 2 is 2.25 bits per heavy atom. The number of rotatable bonds is 5. The van der Waals surface area contributed by atoms with Crippen LogP contribution in [0.2, 0.25) is 0 Å². The molecule has 0 saturated carbocycles. The van der Waals surface area contributed by atoms with E-state index in [9.17, 15) is 4.79 Å². The summed E-state index contributed by atoms with van der Waals surface area (Å²) in [6.07, 6.45) is 0. The van der Waals surface area contributed by atoms with Crippen molar-refractivity contribution >= 4 is 11.9 Å². The lowest BCUT2D eigenvalue weighted by Gasteiger charge is -2.07. The number of carbonyl (C=O) groups excluding carboxylic acids is 1. The highest BCUT2D eigenvalue weighted by Crippen LogP contribution is 2.10. The van der Waals surface area contributed by atoms with E-state index in [0.717, 1.165) is 5.69 Å². The van der Waals surface area contributed by atoms with Gasteiger partial charge in [0, 0.05) is 18.7 Å². The monoisotopic (exact) mass is 225 g/mol. The smallest absolute Gasteiger partial charge is 0.302 e. The third kappa shape index (κ3) is 4.12. The third-order valence-corrected chi connectivity index (χ3v) is 1.73. The van der Waals surface area contributed by atoms with Crippen LogP contribution >= 0.6 is 0 Å². The fraction of sp³-hybridized carbons (Fsp3) is 0.500.